The number of rotatable bonds is 5. The molecule has 1 aromatic carbocycles. The molecule has 1 aromatic rings. The van der Waals surface area contributed by atoms with Gasteiger partial charge in [-0.3, -0.25) is 19.3 Å². The highest BCUT2D eigenvalue weighted by molar-refractivity contribution is 6.17. The van der Waals surface area contributed by atoms with E-state index in [2.05, 4.69) is 5.32 Å². The van der Waals surface area contributed by atoms with E-state index >= 15 is 0 Å². The summed E-state index contributed by atoms with van der Waals surface area (Å²) in [6, 6.07) is 6.88. The van der Waals surface area contributed by atoms with Gasteiger partial charge in [0.25, 0.3) is 17.7 Å². The molecule has 0 aliphatic carbocycles. The summed E-state index contributed by atoms with van der Waals surface area (Å²) in [4.78, 5) is 39.1. The van der Waals surface area contributed by atoms with Crippen molar-refractivity contribution in [1.29, 1.82) is 0 Å². The summed E-state index contributed by atoms with van der Waals surface area (Å²) in [6.45, 7) is 1.22. The van der Waals surface area contributed by atoms with Gasteiger partial charge in [0.05, 0.1) is 13.2 Å². The number of benzene rings is 1. The predicted octanol–water partition coefficient (Wildman–Crippen LogP) is 0.579. The molecular weight excluding hydrogens is 310 g/mol. The van der Waals surface area contributed by atoms with E-state index < -0.39 is 11.8 Å². The molecule has 0 spiro atoms. The van der Waals surface area contributed by atoms with E-state index in [1.54, 1.807) is 24.3 Å². The molecule has 2 N–H and O–H groups in total. The number of nitrogens with one attached hydrogen (secondary N) is 1. The van der Waals surface area contributed by atoms with Gasteiger partial charge in [-0.1, -0.05) is 6.07 Å². The molecular formula is C17H19N3O4. The summed E-state index contributed by atoms with van der Waals surface area (Å²) in [5.74, 6) is -0.966. The zero-order chi connectivity index (χ0) is 17.1. The summed E-state index contributed by atoms with van der Waals surface area (Å²) in [7, 11) is 0. The van der Waals surface area contributed by atoms with Crippen LogP contribution in [0.2, 0.25) is 0 Å². The fraction of sp³-hybridized carbons (Fsp3) is 0.353. The molecule has 0 unspecified atom stereocenters. The zero-order valence-corrected chi connectivity index (χ0v) is 13.2. The molecule has 7 heteroatoms. The number of aliphatic hydroxyl groups excluding tert-OH is 1. The van der Waals surface area contributed by atoms with Gasteiger partial charge in [-0.05, 0) is 31.0 Å². The van der Waals surface area contributed by atoms with Crippen LogP contribution in [0.15, 0.2) is 36.0 Å². The van der Waals surface area contributed by atoms with E-state index in [0.29, 0.717) is 11.3 Å². The van der Waals surface area contributed by atoms with E-state index in [9.17, 15) is 14.4 Å². The fourth-order valence-corrected chi connectivity index (χ4v) is 2.90. The topological polar surface area (TPSA) is 90.0 Å². The first kappa shape index (κ1) is 16.2. The number of likely N-dealkylation sites (tertiary alicyclic amines) is 1. The quantitative estimate of drug-likeness (QED) is 0.771. The van der Waals surface area contributed by atoms with Crippen molar-refractivity contribution in [2.24, 2.45) is 0 Å². The Morgan fingerprint density at radius 3 is 2.67 bits per heavy atom. The van der Waals surface area contributed by atoms with Gasteiger partial charge in [-0.25, -0.2) is 0 Å². The van der Waals surface area contributed by atoms with Crippen LogP contribution in [0.4, 0.5) is 5.69 Å². The van der Waals surface area contributed by atoms with Crippen molar-refractivity contribution in [2.45, 2.75) is 12.8 Å². The van der Waals surface area contributed by atoms with Crippen LogP contribution in [-0.4, -0.2) is 58.9 Å². The highest BCUT2D eigenvalue weighted by Crippen LogP contribution is 2.20. The van der Waals surface area contributed by atoms with E-state index in [-0.39, 0.29) is 24.8 Å². The molecule has 24 heavy (non-hydrogen) atoms. The van der Waals surface area contributed by atoms with Crippen molar-refractivity contribution in [1.82, 2.24) is 9.80 Å². The minimum absolute atomic E-state index is 0.0270. The van der Waals surface area contributed by atoms with Gasteiger partial charge in [0.15, 0.2) is 0 Å². The minimum atomic E-state index is -0.481. The van der Waals surface area contributed by atoms with Crippen molar-refractivity contribution in [3.63, 3.8) is 0 Å². The van der Waals surface area contributed by atoms with Crippen LogP contribution < -0.4 is 5.32 Å². The normalized spacial score (nSPS) is 17.5. The SMILES string of the molecule is O=C(c1cccc(NC2=CC(=O)N(CCO)C2=O)c1)N1CCCC1. The number of carbonyl (C=O) groups excluding carboxylic acids is 3. The molecule has 0 saturated carbocycles. The summed E-state index contributed by atoms with van der Waals surface area (Å²) >= 11 is 0. The standard InChI is InChI=1S/C17H19N3O4/c21-9-8-20-15(22)11-14(17(20)24)18-13-5-3-4-12(10-13)16(23)19-6-1-2-7-19/h3-5,10-11,18,21H,1-2,6-9H2. The van der Waals surface area contributed by atoms with Crippen molar-refractivity contribution in [2.75, 3.05) is 31.6 Å². The Kier molecular flexibility index (Phi) is 4.61. The van der Waals surface area contributed by atoms with Crippen molar-refractivity contribution in [3.8, 4) is 0 Å². The summed E-state index contributed by atoms with van der Waals surface area (Å²) in [5.41, 5.74) is 1.25. The third-order valence-corrected chi connectivity index (χ3v) is 4.11. The Labute approximate surface area is 139 Å². The average molecular weight is 329 g/mol. The Morgan fingerprint density at radius 2 is 1.96 bits per heavy atom. The number of imide groups is 1. The second-order valence-electron chi connectivity index (χ2n) is 5.78. The van der Waals surface area contributed by atoms with Crippen LogP contribution in [0, 0.1) is 0 Å². The number of anilines is 1. The number of amides is 3. The molecule has 7 nitrogen and oxygen atoms in total. The van der Waals surface area contributed by atoms with Gasteiger partial charge in [0, 0.05) is 30.4 Å². The van der Waals surface area contributed by atoms with Crippen LogP contribution in [0.25, 0.3) is 0 Å². The Morgan fingerprint density at radius 1 is 1.21 bits per heavy atom. The van der Waals surface area contributed by atoms with Crippen molar-refractivity contribution >= 4 is 23.4 Å². The third-order valence-electron chi connectivity index (χ3n) is 4.11. The minimum Gasteiger partial charge on any atom is -0.395 e. The van der Waals surface area contributed by atoms with Gasteiger partial charge < -0.3 is 15.3 Å². The van der Waals surface area contributed by atoms with Gasteiger partial charge >= 0.3 is 0 Å². The number of hydrogen-bond acceptors (Lipinski definition) is 5. The van der Waals surface area contributed by atoms with Crippen LogP contribution in [0.1, 0.15) is 23.2 Å². The maximum absolute atomic E-state index is 12.4. The summed E-state index contributed by atoms with van der Waals surface area (Å²) < 4.78 is 0. The second kappa shape index (κ2) is 6.84. The molecule has 0 aromatic heterocycles. The number of β-amino-alcohol motifs (C(OH)–C–C–N with tert-alkyl or cyclic N) is 1. The smallest absolute Gasteiger partial charge is 0.277 e. The largest absolute Gasteiger partial charge is 0.395 e. The average Bonchev–Trinajstić information content (AvgIpc) is 3.20. The summed E-state index contributed by atoms with van der Waals surface area (Å²) in [5, 5.41) is 11.8. The van der Waals surface area contributed by atoms with Crippen molar-refractivity contribution < 1.29 is 19.5 Å². The van der Waals surface area contributed by atoms with E-state index in [1.807, 2.05) is 4.90 Å². The number of aliphatic hydroxyl groups is 1. The lowest BCUT2D eigenvalue weighted by Crippen LogP contribution is -2.34. The third kappa shape index (κ3) is 3.16. The number of hydrogen-bond donors (Lipinski definition) is 2. The van der Waals surface area contributed by atoms with E-state index in [1.165, 1.54) is 6.08 Å². The monoisotopic (exact) mass is 329 g/mol. The number of carbonyl (C=O) groups is 3. The molecule has 1 saturated heterocycles. The van der Waals surface area contributed by atoms with Crippen LogP contribution >= 0.6 is 0 Å². The molecule has 126 valence electrons. The van der Waals surface area contributed by atoms with Crippen molar-refractivity contribution in [3.05, 3.63) is 41.6 Å². The van der Waals surface area contributed by atoms with Crippen LogP contribution in [0.5, 0.6) is 0 Å². The van der Waals surface area contributed by atoms with Crippen LogP contribution in [-0.2, 0) is 9.59 Å². The maximum Gasteiger partial charge on any atom is 0.277 e. The Balaban J connectivity index is 1.73. The molecule has 0 radical (unpaired) electrons. The highest BCUT2D eigenvalue weighted by Gasteiger charge is 2.30. The van der Waals surface area contributed by atoms with Crippen LogP contribution in [0.3, 0.4) is 0 Å². The van der Waals surface area contributed by atoms with E-state index in [4.69, 9.17) is 5.11 Å². The first-order valence-electron chi connectivity index (χ1n) is 7.95. The molecule has 1 fully saturated rings. The lowest BCUT2D eigenvalue weighted by molar-refractivity contribution is -0.137. The molecule has 2 aliphatic heterocycles. The molecule has 3 rings (SSSR count). The molecule has 0 bridgehead atoms. The molecule has 3 amide bonds. The first-order valence-corrected chi connectivity index (χ1v) is 7.95. The first-order chi connectivity index (χ1) is 11.6. The summed E-state index contributed by atoms with van der Waals surface area (Å²) in [6.07, 6.45) is 3.24. The fourth-order valence-electron chi connectivity index (χ4n) is 2.90. The van der Waals surface area contributed by atoms with E-state index in [0.717, 1.165) is 30.8 Å². The van der Waals surface area contributed by atoms with Gasteiger partial charge in [-0.2, -0.15) is 0 Å². The Hall–Kier alpha value is -2.67. The molecule has 0 atom stereocenters. The Bertz CT molecular complexity index is 708. The molecule has 2 heterocycles. The zero-order valence-electron chi connectivity index (χ0n) is 13.2. The van der Waals surface area contributed by atoms with Gasteiger partial charge in [0.2, 0.25) is 0 Å². The van der Waals surface area contributed by atoms with Gasteiger partial charge in [0.1, 0.15) is 5.70 Å². The lowest BCUT2D eigenvalue weighted by Gasteiger charge is -2.16. The maximum atomic E-state index is 12.4. The van der Waals surface area contributed by atoms with Gasteiger partial charge in [-0.15, -0.1) is 0 Å². The number of nitrogens with zero attached hydrogens (tertiary/aromatic N) is 2. The molecule has 2 aliphatic rings. The predicted molar refractivity (Wildman–Crippen MR) is 87.1 cm³/mol. The second-order valence-corrected chi connectivity index (χ2v) is 5.78. The lowest BCUT2D eigenvalue weighted by atomic mass is 10.1. The highest BCUT2D eigenvalue weighted by atomic mass is 16.3.